The van der Waals surface area contributed by atoms with Crippen LogP contribution in [0.25, 0.3) is 88.2 Å². The number of rotatable bonds is 3. The standard InChI is InChI=1S/C38H22N2O/c1-2-10-23(11-3-1)24-12-6-13-25(22-24)37-38(40-31-19-5-4-18-30(31)39-37)29-17-7-14-26-27-15-8-20-32-35(27)36-28(34(26)29)16-9-21-33(36)41-32/h1-22H. The molecule has 0 fully saturated rings. The monoisotopic (exact) mass is 522 g/mol. The minimum atomic E-state index is 0.873. The number of para-hydroxylation sites is 2. The molecule has 0 N–H and O–H groups in total. The summed E-state index contributed by atoms with van der Waals surface area (Å²) >= 11 is 0. The van der Waals surface area contributed by atoms with Crippen molar-refractivity contribution in [2.75, 3.05) is 0 Å². The zero-order chi connectivity index (χ0) is 26.9. The average Bonchev–Trinajstić information content (AvgIpc) is 3.44. The fourth-order valence-electron chi connectivity index (χ4n) is 6.43. The van der Waals surface area contributed by atoms with Crippen molar-refractivity contribution >= 4 is 54.5 Å². The van der Waals surface area contributed by atoms with Gasteiger partial charge in [-0.05, 0) is 63.0 Å². The summed E-state index contributed by atoms with van der Waals surface area (Å²) in [5, 5.41) is 7.07. The van der Waals surface area contributed by atoms with E-state index in [4.69, 9.17) is 14.4 Å². The summed E-state index contributed by atoms with van der Waals surface area (Å²) in [6.45, 7) is 0. The van der Waals surface area contributed by atoms with Crippen molar-refractivity contribution in [1.82, 2.24) is 9.97 Å². The summed E-state index contributed by atoms with van der Waals surface area (Å²) in [6.07, 6.45) is 0. The third-order valence-corrected chi connectivity index (χ3v) is 8.22. The van der Waals surface area contributed by atoms with E-state index in [2.05, 4.69) is 103 Å². The van der Waals surface area contributed by atoms with Gasteiger partial charge in [0.1, 0.15) is 11.2 Å². The molecular formula is C38H22N2O. The highest BCUT2D eigenvalue weighted by atomic mass is 16.3. The van der Waals surface area contributed by atoms with Gasteiger partial charge in [-0.1, -0.05) is 103 Å². The Balaban J connectivity index is 1.41. The third kappa shape index (κ3) is 3.26. The Morgan fingerprint density at radius 3 is 1.73 bits per heavy atom. The summed E-state index contributed by atoms with van der Waals surface area (Å²) < 4.78 is 6.31. The van der Waals surface area contributed by atoms with E-state index in [1.165, 1.54) is 37.9 Å². The Bertz CT molecular complexity index is 2420. The summed E-state index contributed by atoms with van der Waals surface area (Å²) in [4.78, 5) is 10.5. The lowest BCUT2D eigenvalue weighted by Gasteiger charge is -2.16. The van der Waals surface area contributed by atoms with Crippen LogP contribution in [0.3, 0.4) is 0 Å². The second-order valence-electron chi connectivity index (χ2n) is 10.5. The van der Waals surface area contributed by atoms with Crippen molar-refractivity contribution in [3.63, 3.8) is 0 Å². The van der Waals surface area contributed by atoms with Crippen molar-refractivity contribution < 1.29 is 4.42 Å². The van der Waals surface area contributed by atoms with Crippen molar-refractivity contribution in [3.05, 3.63) is 133 Å². The first kappa shape index (κ1) is 22.3. The highest BCUT2D eigenvalue weighted by Crippen LogP contribution is 2.46. The maximum atomic E-state index is 6.31. The largest absolute Gasteiger partial charge is 0.456 e. The highest BCUT2D eigenvalue weighted by molar-refractivity contribution is 6.35. The fourth-order valence-corrected chi connectivity index (χ4v) is 6.43. The SMILES string of the molecule is c1ccc(-c2cccc(-c3nc4ccccc4nc3-c3cccc4c5cccc6oc7cccc(c34)c7c65)c2)cc1. The van der Waals surface area contributed by atoms with Gasteiger partial charge in [0.25, 0.3) is 0 Å². The molecule has 2 aromatic heterocycles. The quantitative estimate of drug-likeness (QED) is 0.217. The number of hydrogen-bond acceptors (Lipinski definition) is 3. The van der Waals surface area contributed by atoms with Gasteiger partial charge in [0.2, 0.25) is 0 Å². The minimum absolute atomic E-state index is 0.873. The van der Waals surface area contributed by atoms with Crippen molar-refractivity contribution in [1.29, 1.82) is 0 Å². The topological polar surface area (TPSA) is 38.9 Å². The van der Waals surface area contributed by atoms with E-state index < -0.39 is 0 Å². The Kier molecular flexibility index (Phi) is 4.61. The maximum Gasteiger partial charge on any atom is 0.136 e. The lowest BCUT2D eigenvalue weighted by atomic mass is 9.89. The zero-order valence-corrected chi connectivity index (χ0v) is 22.0. The second-order valence-corrected chi connectivity index (χ2v) is 10.5. The molecule has 0 spiro atoms. The number of benzene rings is 7. The molecule has 3 heteroatoms. The Hall–Kier alpha value is -5.54. The Morgan fingerprint density at radius 1 is 0.390 bits per heavy atom. The summed E-state index contributed by atoms with van der Waals surface area (Å²) in [7, 11) is 0. The number of nitrogens with zero attached hydrogens (tertiary/aromatic N) is 2. The lowest BCUT2D eigenvalue weighted by Crippen LogP contribution is -1.97. The van der Waals surface area contributed by atoms with E-state index in [0.29, 0.717) is 0 Å². The highest BCUT2D eigenvalue weighted by Gasteiger charge is 2.21. The van der Waals surface area contributed by atoms with Crippen LogP contribution in [0.1, 0.15) is 0 Å². The molecule has 2 heterocycles. The third-order valence-electron chi connectivity index (χ3n) is 8.22. The molecule has 9 rings (SSSR count). The predicted molar refractivity (Wildman–Crippen MR) is 169 cm³/mol. The van der Waals surface area contributed by atoms with E-state index in [1.54, 1.807) is 0 Å². The molecule has 0 radical (unpaired) electrons. The van der Waals surface area contributed by atoms with Gasteiger partial charge < -0.3 is 4.42 Å². The van der Waals surface area contributed by atoms with Crippen LogP contribution in [0, 0.1) is 0 Å². The fraction of sp³-hybridized carbons (Fsp3) is 0. The summed E-state index contributed by atoms with van der Waals surface area (Å²) in [6, 6.07) is 46.5. The molecule has 0 saturated heterocycles. The number of aromatic nitrogens is 2. The maximum absolute atomic E-state index is 6.31. The van der Waals surface area contributed by atoms with Crippen molar-refractivity contribution in [2.24, 2.45) is 0 Å². The molecule has 0 bridgehead atoms. The number of hydrogen-bond donors (Lipinski definition) is 0. The van der Waals surface area contributed by atoms with Gasteiger partial charge in [-0.25, -0.2) is 9.97 Å². The molecule has 7 aromatic carbocycles. The van der Waals surface area contributed by atoms with Crippen LogP contribution in [0.2, 0.25) is 0 Å². The lowest BCUT2D eigenvalue weighted by molar-refractivity contribution is 0.669. The van der Waals surface area contributed by atoms with Gasteiger partial charge in [0.05, 0.1) is 22.4 Å². The molecular weight excluding hydrogens is 500 g/mol. The number of fused-ring (bicyclic) bond motifs is 4. The first-order chi connectivity index (χ1) is 20.3. The molecule has 9 aromatic rings. The van der Waals surface area contributed by atoms with E-state index in [9.17, 15) is 0 Å². The molecule has 41 heavy (non-hydrogen) atoms. The van der Waals surface area contributed by atoms with Crippen LogP contribution in [0.15, 0.2) is 138 Å². The van der Waals surface area contributed by atoms with E-state index in [1.807, 2.05) is 30.3 Å². The van der Waals surface area contributed by atoms with Crippen molar-refractivity contribution in [3.8, 4) is 33.6 Å². The van der Waals surface area contributed by atoms with Crippen LogP contribution in [0.5, 0.6) is 0 Å². The predicted octanol–water partition coefficient (Wildman–Crippen LogP) is 10.3. The van der Waals surface area contributed by atoms with Crippen LogP contribution in [-0.4, -0.2) is 9.97 Å². The van der Waals surface area contributed by atoms with Gasteiger partial charge in [0, 0.05) is 21.9 Å². The zero-order valence-electron chi connectivity index (χ0n) is 22.0. The van der Waals surface area contributed by atoms with Gasteiger partial charge in [0.15, 0.2) is 0 Å². The molecule has 0 atom stereocenters. The minimum Gasteiger partial charge on any atom is -0.456 e. The normalized spacial score (nSPS) is 11.9. The Morgan fingerprint density at radius 2 is 0.951 bits per heavy atom. The van der Waals surface area contributed by atoms with E-state index in [0.717, 1.165) is 50.3 Å². The van der Waals surface area contributed by atoms with Gasteiger partial charge in [-0.2, -0.15) is 0 Å². The second kappa shape index (κ2) is 8.48. The van der Waals surface area contributed by atoms with Crippen LogP contribution >= 0.6 is 0 Å². The van der Waals surface area contributed by atoms with E-state index in [-0.39, 0.29) is 0 Å². The molecule has 190 valence electrons. The molecule has 0 aliphatic heterocycles. The van der Waals surface area contributed by atoms with E-state index >= 15 is 0 Å². The smallest absolute Gasteiger partial charge is 0.136 e. The van der Waals surface area contributed by atoms with Gasteiger partial charge >= 0.3 is 0 Å². The van der Waals surface area contributed by atoms with Crippen LogP contribution in [0.4, 0.5) is 0 Å². The molecule has 0 aliphatic rings. The average molecular weight is 523 g/mol. The first-order valence-corrected chi connectivity index (χ1v) is 13.8. The van der Waals surface area contributed by atoms with Gasteiger partial charge in [-0.15, -0.1) is 0 Å². The van der Waals surface area contributed by atoms with Gasteiger partial charge in [-0.3, -0.25) is 0 Å². The molecule has 0 unspecified atom stereocenters. The molecule has 0 amide bonds. The molecule has 0 aliphatic carbocycles. The molecule has 0 saturated carbocycles. The number of furan rings is 1. The summed E-state index contributed by atoms with van der Waals surface area (Å²) in [5.74, 6) is 0. The van der Waals surface area contributed by atoms with Crippen LogP contribution in [-0.2, 0) is 0 Å². The van der Waals surface area contributed by atoms with Crippen LogP contribution < -0.4 is 0 Å². The first-order valence-electron chi connectivity index (χ1n) is 13.8. The van der Waals surface area contributed by atoms with Crippen molar-refractivity contribution in [2.45, 2.75) is 0 Å². The Labute approximate surface area is 235 Å². The summed E-state index contributed by atoms with van der Waals surface area (Å²) in [5.41, 5.74) is 9.77. The molecule has 3 nitrogen and oxygen atoms in total.